The molecule has 0 aliphatic rings. The monoisotopic (exact) mass is 804 g/mol. The molecule has 8 aromatic carbocycles. The van der Waals surface area contributed by atoms with Crippen LogP contribution >= 0.6 is 0 Å². The quantitative estimate of drug-likeness (QED) is 0.174. The third-order valence-corrected chi connectivity index (χ3v) is 13.3. The molecule has 0 unspecified atom stereocenters. The van der Waals surface area contributed by atoms with Crippen molar-refractivity contribution in [1.82, 2.24) is 9.13 Å². The molecule has 0 aliphatic heterocycles. The van der Waals surface area contributed by atoms with Crippen molar-refractivity contribution in [2.45, 2.75) is 0 Å². The number of hydrogen-bond acceptors (Lipinski definition) is 2. The van der Waals surface area contributed by atoms with Crippen molar-refractivity contribution >= 4 is 274 Å². The number of hydrogen-bond donors (Lipinski definition) is 0. The van der Waals surface area contributed by atoms with Crippen molar-refractivity contribution in [3.05, 3.63) is 84.9 Å². The SMILES string of the molecule is [B]c1c([B])c([B])c2c(oc3c([B])c([B])c(-n4c5ccc(-c6c([B])c([B])c([B])c7c6oc6c([B])c([B])c([B])c([B])c67)cc5c5c6c7ccccc7n(-c7ccccc7)c6ccc54)c([B])c32)c1[B]. The minimum Gasteiger partial charge on any atom is -0.457 e. The zero-order valence-corrected chi connectivity index (χ0v) is 34.9. The molecule has 0 amide bonds. The van der Waals surface area contributed by atoms with Crippen LogP contribution in [0.5, 0.6) is 0 Å². The molecule has 270 valence electrons. The van der Waals surface area contributed by atoms with E-state index in [1.165, 1.54) is 0 Å². The summed E-state index contributed by atoms with van der Waals surface area (Å²) in [6.45, 7) is 0. The van der Waals surface area contributed by atoms with E-state index in [4.69, 9.17) is 119 Å². The van der Waals surface area contributed by atoms with Gasteiger partial charge < -0.3 is 18.0 Å². The Morgan fingerprint density at radius 2 is 0.742 bits per heavy atom. The second kappa shape index (κ2) is 14.2. The van der Waals surface area contributed by atoms with Crippen LogP contribution in [0.15, 0.2) is 93.8 Å². The lowest BCUT2D eigenvalue weighted by Crippen LogP contribution is -2.47. The highest BCUT2D eigenvalue weighted by Crippen LogP contribution is 2.44. The molecule has 0 atom stereocenters. The number of fused-ring (bicyclic) bond motifs is 13. The smallest absolute Gasteiger partial charge is 0.141 e. The van der Waals surface area contributed by atoms with Gasteiger partial charge in [0.05, 0.1) is 22.1 Å². The third kappa shape index (κ3) is 5.14. The molecule has 0 saturated carbocycles. The van der Waals surface area contributed by atoms with Gasteiger partial charge in [0.15, 0.2) is 0 Å². The van der Waals surface area contributed by atoms with E-state index in [9.17, 15) is 0 Å². The summed E-state index contributed by atoms with van der Waals surface area (Å²) in [5.74, 6) is 0. The van der Waals surface area contributed by atoms with Gasteiger partial charge >= 0.3 is 0 Å². The lowest BCUT2D eigenvalue weighted by Gasteiger charge is -2.20. The van der Waals surface area contributed by atoms with E-state index < -0.39 is 0 Å². The fraction of sp³-hybridized carbons (Fsp3) is 0. The number of para-hydroxylation sites is 2. The first kappa shape index (κ1) is 41.3. The molecule has 0 N–H and O–H groups in total. The van der Waals surface area contributed by atoms with Crippen molar-refractivity contribution in [2.75, 3.05) is 0 Å². The van der Waals surface area contributed by atoms with Gasteiger partial charge in [0.1, 0.15) is 132 Å². The molecule has 66 heavy (non-hydrogen) atoms. The van der Waals surface area contributed by atoms with Gasteiger partial charge in [-0.1, -0.05) is 91.6 Å². The summed E-state index contributed by atoms with van der Waals surface area (Å²) in [4.78, 5) is 0. The molecule has 0 saturated heterocycles. The predicted octanol–water partition coefficient (Wildman–Crippen LogP) is -3.54. The highest BCUT2D eigenvalue weighted by atomic mass is 16.3. The van der Waals surface area contributed by atoms with E-state index in [2.05, 4.69) is 34.9 Å². The maximum Gasteiger partial charge on any atom is 0.141 e. The van der Waals surface area contributed by atoms with E-state index >= 15 is 0 Å². The molecule has 4 aromatic heterocycles. The van der Waals surface area contributed by atoms with Gasteiger partial charge in [-0.05, 0) is 48.0 Å². The lowest BCUT2D eigenvalue weighted by molar-refractivity contribution is 0.673. The number of aromatic nitrogens is 2. The standard InChI is InChI=1S/C48H14B14N2O2/c49-30-23(45-26(31(50)35(30)54)27-32(51)36(55)38(57)41(60)46(27)65-45)15-10-11-20-18(14-15)25-22(13-12-21-24(25)17-8-4-5-9-19(17)63(21)16-6-2-1-3-7-16)64(20)44-34(53)29-28-33(52)37(56)39(58)42(61)47(28)66-48(29)43(62)40(44)59/h1-14H. The molecule has 0 fully saturated rings. The van der Waals surface area contributed by atoms with Crippen LogP contribution in [0.25, 0.3) is 110 Å². The van der Waals surface area contributed by atoms with Gasteiger partial charge in [-0.25, -0.2) is 0 Å². The zero-order chi connectivity index (χ0) is 46.1. The average Bonchev–Trinajstić information content (AvgIpc) is 4.09. The maximum absolute atomic E-state index is 7.30. The number of furan rings is 2. The molecular formula is C48H14B14N2O2. The minimum atomic E-state index is 0.0740. The van der Waals surface area contributed by atoms with Crippen LogP contribution in [0.3, 0.4) is 0 Å². The van der Waals surface area contributed by atoms with E-state index in [1.54, 1.807) is 0 Å². The minimum absolute atomic E-state index is 0.0740. The fourth-order valence-electron chi connectivity index (χ4n) is 10.1. The Morgan fingerprint density at radius 1 is 0.303 bits per heavy atom. The Labute approximate surface area is 397 Å². The van der Waals surface area contributed by atoms with Crippen LogP contribution < -0.4 is 76.5 Å². The van der Waals surface area contributed by atoms with Crippen molar-refractivity contribution < 1.29 is 8.83 Å². The number of rotatable bonds is 3. The Balaban J connectivity index is 1.28. The number of benzene rings is 8. The van der Waals surface area contributed by atoms with E-state index in [0.29, 0.717) is 43.9 Å². The number of nitrogens with zero attached hydrogens (tertiary/aromatic N) is 2. The molecule has 4 heterocycles. The van der Waals surface area contributed by atoms with Gasteiger partial charge in [0.25, 0.3) is 0 Å². The summed E-state index contributed by atoms with van der Waals surface area (Å²) in [6.07, 6.45) is 0. The lowest BCUT2D eigenvalue weighted by atomic mass is 9.64. The first-order chi connectivity index (χ1) is 31.6. The summed E-state index contributed by atoms with van der Waals surface area (Å²) in [5.41, 5.74) is 8.21. The van der Waals surface area contributed by atoms with Gasteiger partial charge in [0.2, 0.25) is 0 Å². The molecule has 0 spiro atoms. The molecular weight excluding hydrogens is 788 g/mol. The zero-order valence-electron chi connectivity index (χ0n) is 34.9. The molecule has 18 heteroatoms. The van der Waals surface area contributed by atoms with Crippen molar-refractivity contribution in [1.29, 1.82) is 0 Å². The first-order valence-electron chi connectivity index (χ1n) is 20.6. The third-order valence-electron chi connectivity index (χ3n) is 13.3. The highest BCUT2D eigenvalue weighted by Gasteiger charge is 2.28. The van der Waals surface area contributed by atoms with Crippen molar-refractivity contribution in [3.8, 4) is 22.5 Å². The summed E-state index contributed by atoms with van der Waals surface area (Å²) < 4.78 is 17.0. The van der Waals surface area contributed by atoms with Gasteiger partial charge in [-0.3, -0.25) is 0 Å². The summed E-state index contributed by atoms with van der Waals surface area (Å²) in [5, 5.41) is 5.02. The molecule has 12 rings (SSSR count). The Morgan fingerprint density at radius 3 is 1.36 bits per heavy atom. The summed E-state index contributed by atoms with van der Waals surface area (Å²) >= 11 is 0. The second-order valence-corrected chi connectivity index (χ2v) is 16.6. The largest absolute Gasteiger partial charge is 0.457 e. The normalized spacial score (nSPS) is 12.2. The topological polar surface area (TPSA) is 36.1 Å². The van der Waals surface area contributed by atoms with Crippen LogP contribution in [0.4, 0.5) is 0 Å². The maximum atomic E-state index is 7.30. The van der Waals surface area contributed by atoms with Gasteiger partial charge in [0, 0.05) is 60.0 Å². The van der Waals surface area contributed by atoms with E-state index in [1.807, 2.05) is 59.2 Å². The summed E-state index contributed by atoms with van der Waals surface area (Å²) in [6, 6.07) is 28.3. The van der Waals surface area contributed by atoms with Gasteiger partial charge in [-0.15, -0.1) is 27.3 Å². The Hall–Kier alpha value is -6.13. The second-order valence-electron chi connectivity index (χ2n) is 16.6. The molecule has 4 nitrogen and oxygen atoms in total. The first-order valence-corrected chi connectivity index (χ1v) is 20.6. The fourth-order valence-corrected chi connectivity index (χ4v) is 10.1. The average molecular weight is 802 g/mol. The van der Waals surface area contributed by atoms with Crippen LogP contribution in [-0.2, 0) is 0 Å². The Bertz CT molecular complexity index is 4220. The molecule has 28 radical (unpaired) electrons. The predicted molar refractivity (Wildman–Crippen MR) is 291 cm³/mol. The highest BCUT2D eigenvalue weighted by molar-refractivity contribution is 6.71. The molecule has 0 bridgehead atoms. The van der Waals surface area contributed by atoms with E-state index in [0.717, 1.165) is 43.8 Å². The van der Waals surface area contributed by atoms with Crippen LogP contribution in [0, 0.1) is 0 Å². The van der Waals surface area contributed by atoms with Crippen LogP contribution in [0.2, 0.25) is 0 Å². The molecule has 0 aliphatic carbocycles. The van der Waals surface area contributed by atoms with Crippen molar-refractivity contribution in [3.63, 3.8) is 0 Å². The van der Waals surface area contributed by atoms with Gasteiger partial charge in [-0.2, -0.15) is 0 Å². The van der Waals surface area contributed by atoms with Crippen molar-refractivity contribution in [2.24, 2.45) is 0 Å². The van der Waals surface area contributed by atoms with Crippen LogP contribution in [-0.4, -0.2) is 119 Å². The van der Waals surface area contributed by atoms with Crippen LogP contribution in [0.1, 0.15) is 0 Å². The molecule has 12 aromatic rings. The van der Waals surface area contributed by atoms with E-state index in [-0.39, 0.29) is 98.8 Å². The Kier molecular flexibility index (Phi) is 8.88. The summed E-state index contributed by atoms with van der Waals surface area (Å²) in [7, 11) is 93.1.